The number of carbonyl (C=O) groups excluding carboxylic acids is 1. The lowest BCUT2D eigenvalue weighted by molar-refractivity contribution is -0.149. The van der Waals surface area contributed by atoms with Gasteiger partial charge in [-0.2, -0.15) is 0 Å². The third-order valence-corrected chi connectivity index (χ3v) is 3.62. The summed E-state index contributed by atoms with van der Waals surface area (Å²) in [5, 5.41) is 0. The molecule has 0 spiro atoms. The molecule has 0 radical (unpaired) electrons. The molecule has 0 aromatic heterocycles. The van der Waals surface area contributed by atoms with Crippen LogP contribution in [0.15, 0.2) is 0 Å². The lowest BCUT2D eigenvalue weighted by atomic mass is 9.83. The van der Waals surface area contributed by atoms with Gasteiger partial charge in [-0.3, -0.25) is 4.79 Å². The monoisotopic (exact) mass is 210 g/mol. The van der Waals surface area contributed by atoms with Gasteiger partial charge in [0.1, 0.15) is 6.10 Å². The molecule has 0 saturated heterocycles. The van der Waals surface area contributed by atoms with E-state index in [1.54, 1.807) is 0 Å². The maximum atomic E-state index is 11.6. The summed E-state index contributed by atoms with van der Waals surface area (Å²) in [5.74, 6) is 0.942. The minimum atomic E-state index is 0.0445. The van der Waals surface area contributed by atoms with Gasteiger partial charge >= 0.3 is 5.97 Å². The number of carbonyl (C=O) groups is 1. The van der Waals surface area contributed by atoms with Gasteiger partial charge in [-0.15, -0.1) is 0 Å². The van der Waals surface area contributed by atoms with Gasteiger partial charge in [0.15, 0.2) is 0 Å². The molecule has 2 aliphatic rings. The molecule has 0 aromatic carbocycles. The zero-order valence-electron chi connectivity index (χ0n) is 9.71. The van der Waals surface area contributed by atoms with Gasteiger partial charge < -0.3 is 4.74 Å². The van der Waals surface area contributed by atoms with Gasteiger partial charge in [0, 0.05) is 0 Å². The van der Waals surface area contributed by atoms with Crippen LogP contribution < -0.4 is 0 Å². The first-order chi connectivity index (χ1) is 7.25. The zero-order chi connectivity index (χ0) is 10.7. The summed E-state index contributed by atoms with van der Waals surface area (Å²) >= 11 is 0. The van der Waals surface area contributed by atoms with E-state index in [2.05, 4.69) is 0 Å². The maximum Gasteiger partial charge on any atom is 0.308 e. The lowest BCUT2D eigenvalue weighted by Gasteiger charge is -2.23. The van der Waals surface area contributed by atoms with Crippen LogP contribution in [0.2, 0.25) is 0 Å². The van der Waals surface area contributed by atoms with Crippen molar-refractivity contribution in [1.82, 2.24) is 0 Å². The highest BCUT2D eigenvalue weighted by Crippen LogP contribution is 2.31. The summed E-state index contributed by atoms with van der Waals surface area (Å²) in [5.41, 5.74) is 0. The van der Waals surface area contributed by atoms with Crippen molar-refractivity contribution in [2.24, 2.45) is 11.8 Å². The average Bonchev–Trinajstić information content (AvgIpc) is 3.03. The molecule has 2 rings (SSSR count). The van der Waals surface area contributed by atoms with Gasteiger partial charge in [-0.1, -0.05) is 39.0 Å². The molecule has 0 aromatic rings. The summed E-state index contributed by atoms with van der Waals surface area (Å²) in [6.45, 7) is 2.03. The van der Waals surface area contributed by atoms with Crippen LogP contribution in [-0.2, 0) is 9.53 Å². The van der Waals surface area contributed by atoms with Crippen LogP contribution in [0.5, 0.6) is 0 Å². The second-order valence-corrected chi connectivity index (χ2v) is 5.28. The van der Waals surface area contributed by atoms with Gasteiger partial charge in [0.2, 0.25) is 0 Å². The fourth-order valence-electron chi connectivity index (χ4n) is 2.49. The molecule has 0 amide bonds. The molecule has 15 heavy (non-hydrogen) atoms. The van der Waals surface area contributed by atoms with E-state index >= 15 is 0 Å². The Morgan fingerprint density at radius 2 is 1.87 bits per heavy atom. The molecular formula is C13H22O2. The Morgan fingerprint density at radius 3 is 2.47 bits per heavy atom. The lowest BCUT2D eigenvalue weighted by Crippen LogP contribution is -2.20. The molecule has 2 aliphatic carbocycles. The Balaban J connectivity index is 1.69. The van der Waals surface area contributed by atoms with E-state index in [1.165, 1.54) is 32.1 Å². The van der Waals surface area contributed by atoms with Gasteiger partial charge in [0.25, 0.3) is 0 Å². The van der Waals surface area contributed by atoms with Crippen molar-refractivity contribution in [1.29, 1.82) is 0 Å². The van der Waals surface area contributed by atoms with Crippen molar-refractivity contribution in [3.8, 4) is 0 Å². The van der Waals surface area contributed by atoms with Gasteiger partial charge in [0.05, 0.1) is 5.92 Å². The molecule has 2 heteroatoms. The first kappa shape index (κ1) is 11.0. The average molecular weight is 210 g/mol. The number of esters is 1. The van der Waals surface area contributed by atoms with E-state index in [0.717, 1.165) is 25.2 Å². The van der Waals surface area contributed by atoms with E-state index in [4.69, 9.17) is 4.74 Å². The van der Waals surface area contributed by atoms with E-state index in [1.807, 2.05) is 6.92 Å². The number of hydrogen-bond donors (Lipinski definition) is 0. The molecule has 0 N–H and O–H groups in total. The number of ether oxygens (including phenoxy) is 1. The number of rotatable bonds is 4. The minimum Gasteiger partial charge on any atom is -0.462 e. The molecule has 2 saturated carbocycles. The Kier molecular flexibility index (Phi) is 3.66. The van der Waals surface area contributed by atoms with E-state index in [-0.39, 0.29) is 18.0 Å². The van der Waals surface area contributed by atoms with Gasteiger partial charge in [-0.25, -0.2) is 0 Å². The van der Waals surface area contributed by atoms with Crippen molar-refractivity contribution < 1.29 is 9.53 Å². The summed E-state index contributed by atoms with van der Waals surface area (Å²) in [6.07, 6.45) is 10.2. The quantitative estimate of drug-likeness (QED) is 0.665. The first-order valence-corrected chi connectivity index (χ1v) is 6.46. The summed E-state index contributed by atoms with van der Waals surface area (Å²) in [4.78, 5) is 11.6. The van der Waals surface area contributed by atoms with Crippen LogP contribution in [-0.4, -0.2) is 12.1 Å². The third-order valence-electron chi connectivity index (χ3n) is 3.62. The predicted octanol–water partition coefficient (Wildman–Crippen LogP) is 3.30. The van der Waals surface area contributed by atoms with Crippen LogP contribution >= 0.6 is 0 Å². The molecule has 0 aliphatic heterocycles. The van der Waals surface area contributed by atoms with E-state index < -0.39 is 0 Å². The van der Waals surface area contributed by atoms with Crippen molar-refractivity contribution in [2.75, 3.05) is 0 Å². The van der Waals surface area contributed by atoms with E-state index in [9.17, 15) is 4.79 Å². The standard InChI is InChI=1S/C13H22O2/c1-10(13(14)15-12-7-8-12)9-11-5-3-2-4-6-11/h10-12H,2-9H2,1H3. The minimum absolute atomic E-state index is 0.0445. The predicted molar refractivity (Wildman–Crippen MR) is 59.5 cm³/mol. The number of hydrogen-bond acceptors (Lipinski definition) is 2. The van der Waals surface area contributed by atoms with Crippen molar-refractivity contribution in [3.63, 3.8) is 0 Å². The summed E-state index contributed by atoms with van der Waals surface area (Å²) in [7, 11) is 0. The van der Waals surface area contributed by atoms with Crippen LogP contribution in [0.25, 0.3) is 0 Å². The Hall–Kier alpha value is -0.530. The zero-order valence-corrected chi connectivity index (χ0v) is 9.71. The summed E-state index contributed by atoms with van der Waals surface area (Å²) < 4.78 is 5.33. The Labute approximate surface area is 92.4 Å². The largest absolute Gasteiger partial charge is 0.462 e. The Morgan fingerprint density at radius 1 is 1.20 bits per heavy atom. The molecule has 1 unspecified atom stereocenters. The van der Waals surface area contributed by atoms with Crippen molar-refractivity contribution in [2.45, 2.75) is 64.4 Å². The highest BCUT2D eigenvalue weighted by Gasteiger charge is 2.29. The van der Waals surface area contributed by atoms with E-state index in [0.29, 0.717) is 0 Å². The van der Waals surface area contributed by atoms with Gasteiger partial charge in [-0.05, 0) is 25.2 Å². The SMILES string of the molecule is CC(CC1CCCCC1)C(=O)OC1CC1. The topological polar surface area (TPSA) is 26.3 Å². The second kappa shape index (κ2) is 5.00. The normalized spacial score (nSPS) is 24.9. The van der Waals surface area contributed by atoms with Crippen LogP contribution in [0, 0.1) is 11.8 Å². The van der Waals surface area contributed by atoms with Crippen LogP contribution in [0.1, 0.15) is 58.3 Å². The Bertz CT molecular complexity index is 215. The summed E-state index contributed by atoms with van der Waals surface area (Å²) in [6, 6.07) is 0. The molecule has 0 heterocycles. The highest BCUT2D eigenvalue weighted by atomic mass is 16.5. The fraction of sp³-hybridized carbons (Fsp3) is 0.923. The molecule has 2 fully saturated rings. The smallest absolute Gasteiger partial charge is 0.308 e. The van der Waals surface area contributed by atoms with Crippen LogP contribution in [0.4, 0.5) is 0 Å². The molecule has 86 valence electrons. The fourth-order valence-corrected chi connectivity index (χ4v) is 2.49. The first-order valence-electron chi connectivity index (χ1n) is 6.46. The van der Waals surface area contributed by atoms with Crippen molar-refractivity contribution in [3.05, 3.63) is 0 Å². The molecule has 2 nitrogen and oxygen atoms in total. The highest BCUT2D eigenvalue weighted by molar-refractivity contribution is 5.72. The molecule has 1 atom stereocenters. The third kappa shape index (κ3) is 3.51. The van der Waals surface area contributed by atoms with Crippen LogP contribution in [0.3, 0.4) is 0 Å². The molecule has 0 bridgehead atoms. The second-order valence-electron chi connectivity index (χ2n) is 5.28. The maximum absolute atomic E-state index is 11.6. The molecular weight excluding hydrogens is 188 g/mol. The van der Waals surface area contributed by atoms with Crippen molar-refractivity contribution >= 4 is 5.97 Å².